The Morgan fingerprint density at radius 3 is 2.82 bits per heavy atom. The first-order chi connectivity index (χ1) is 13.5. The number of nitrogens with zero attached hydrogens (tertiary/aromatic N) is 3. The number of carbonyl (C=O) groups is 1. The van der Waals surface area contributed by atoms with Crippen molar-refractivity contribution in [2.24, 2.45) is 0 Å². The number of carbonyl (C=O) groups excluding carboxylic acids is 1. The maximum Gasteiger partial charge on any atom is 0.277 e. The van der Waals surface area contributed by atoms with Gasteiger partial charge in [0.1, 0.15) is 5.82 Å². The van der Waals surface area contributed by atoms with Crippen LogP contribution in [0.25, 0.3) is 16.5 Å². The highest BCUT2D eigenvalue weighted by Gasteiger charge is 2.18. The van der Waals surface area contributed by atoms with Gasteiger partial charge in [0, 0.05) is 22.6 Å². The van der Waals surface area contributed by atoms with Crippen molar-refractivity contribution in [1.82, 2.24) is 14.8 Å². The molecule has 0 atom stereocenters. The largest absolute Gasteiger partial charge is 0.410 e. The predicted molar refractivity (Wildman–Crippen MR) is 108 cm³/mol. The van der Waals surface area contributed by atoms with Crippen molar-refractivity contribution >= 4 is 28.9 Å². The molecule has 0 aliphatic carbocycles. The maximum absolute atomic E-state index is 13.6. The summed E-state index contributed by atoms with van der Waals surface area (Å²) in [6.45, 7) is 3.75. The first-order valence-electron chi connectivity index (χ1n) is 8.51. The van der Waals surface area contributed by atoms with Gasteiger partial charge in [-0.3, -0.25) is 4.79 Å². The molecule has 4 aromatic rings. The lowest BCUT2D eigenvalue weighted by Gasteiger charge is -2.09. The lowest BCUT2D eigenvalue weighted by atomic mass is 10.2. The molecule has 0 fully saturated rings. The molecule has 4 rings (SSSR count). The van der Waals surface area contributed by atoms with Crippen LogP contribution in [0.2, 0.25) is 0 Å². The minimum atomic E-state index is -0.314. The molecular formula is C20H16FN3O2S2. The van der Waals surface area contributed by atoms with Crippen LogP contribution in [-0.4, -0.2) is 26.3 Å². The molecule has 28 heavy (non-hydrogen) atoms. The molecule has 0 saturated carbocycles. The number of hydrogen-bond acceptors (Lipinski definition) is 6. The summed E-state index contributed by atoms with van der Waals surface area (Å²) >= 11 is 2.72. The molecule has 1 aromatic carbocycles. The lowest BCUT2D eigenvalue weighted by molar-refractivity contribution is 0.102. The van der Waals surface area contributed by atoms with E-state index in [1.807, 2.05) is 48.1 Å². The highest BCUT2D eigenvalue weighted by atomic mass is 32.2. The summed E-state index contributed by atoms with van der Waals surface area (Å²) in [6.07, 6.45) is 0. The first-order valence-corrected chi connectivity index (χ1v) is 10.4. The molecule has 0 unspecified atom stereocenters. The van der Waals surface area contributed by atoms with Gasteiger partial charge in [0.15, 0.2) is 5.78 Å². The molecule has 0 aliphatic heterocycles. The average Bonchev–Trinajstić information content (AvgIpc) is 3.40. The topological polar surface area (TPSA) is 60.9 Å². The molecule has 3 aromatic heterocycles. The van der Waals surface area contributed by atoms with Gasteiger partial charge >= 0.3 is 0 Å². The van der Waals surface area contributed by atoms with E-state index >= 15 is 0 Å². The summed E-state index contributed by atoms with van der Waals surface area (Å²) in [5.41, 5.74) is 2.94. The fraction of sp³-hybridized carbons (Fsp3) is 0.150. The van der Waals surface area contributed by atoms with Gasteiger partial charge in [-0.1, -0.05) is 23.9 Å². The number of benzene rings is 1. The second-order valence-electron chi connectivity index (χ2n) is 6.16. The van der Waals surface area contributed by atoms with E-state index in [0.29, 0.717) is 22.4 Å². The molecule has 0 spiro atoms. The van der Waals surface area contributed by atoms with E-state index in [9.17, 15) is 9.18 Å². The van der Waals surface area contributed by atoms with Crippen molar-refractivity contribution < 1.29 is 13.6 Å². The van der Waals surface area contributed by atoms with Crippen molar-refractivity contribution in [3.05, 3.63) is 70.6 Å². The molecule has 0 aliphatic rings. The SMILES string of the molecule is Cc1cc(C(=O)CSc2nnc(-c3cccs3)o2)c(C)n1-c1cccc(F)c1. The minimum Gasteiger partial charge on any atom is -0.410 e. The molecular weight excluding hydrogens is 397 g/mol. The Balaban J connectivity index is 1.51. The molecule has 142 valence electrons. The van der Waals surface area contributed by atoms with Crippen LogP contribution >= 0.6 is 23.1 Å². The van der Waals surface area contributed by atoms with Crippen molar-refractivity contribution in [3.63, 3.8) is 0 Å². The van der Waals surface area contributed by atoms with E-state index < -0.39 is 0 Å². The van der Waals surface area contributed by atoms with Crippen molar-refractivity contribution in [2.45, 2.75) is 19.1 Å². The Morgan fingerprint density at radius 2 is 2.07 bits per heavy atom. The summed E-state index contributed by atoms with van der Waals surface area (Å²) in [5.74, 6) is 0.275. The van der Waals surface area contributed by atoms with E-state index in [0.717, 1.165) is 16.3 Å². The summed E-state index contributed by atoms with van der Waals surface area (Å²) in [4.78, 5) is 13.6. The number of aryl methyl sites for hydroxylation is 1. The van der Waals surface area contributed by atoms with Gasteiger partial charge in [-0.15, -0.1) is 21.5 Å². The van der Waals surface area contributed by atoms with Crippen LogP contribution in [-0.2, 0) is 0 Å². The predicted octanol–water partition coefficient (Wildman–Crippen LogP) is 5.32. The second-order valence-corrected chi connectivity index (χ2v) is 8.04. The van der Waals surface area contributed by atoms with Crippen molar-refractivity contribution in [2.75, 3.05) is 5.75 Å². The third-order valence-corrected chi connectivity index (χ3v) is 5.94. The fourth-order valence-electron chi connectivity index (χ4n) is 3.03. The van der Waals surface area contributed by atoms with Crippen LogP contribution in [0.5, 0.6) is 0 Å². The third-order valence-electron chi connectivity index (χ3n) is 4.26. The summed E-state index contributed by atoms with van der Waals surface area (Å²) < 4.78 is 21.1. The number of ketones is 1. The number of aromatic nitrogens is 3. The van der Waals surface area contributed by atoms with Gasteiger partial charge in [0.2, 0.25) is 0 Å². The Labute approximate surface area is 169 Å². The Morgan fingerprint density at radius 1 is 1.21 bits per heavy atom. The number of rotatable bonds is 6. The monoisotopic (exact) mass is 413 g/mol. The van der Waals surface area contributed by atoms with Crippen LogP contribution in [0.3, 0.4) is 0 Å². The average molecular weight is 413 g/mol. The second kappa shape index (κ2) is 7.73. The van der Waals surface area contributed by atoms with Gasteiger partial charge in [-0.2, -0.15) is 0 Å². The molecule has 0 N–H and O–H groups in total. The zero-order chi connectivity index (χ0) is 19.7. The summed E-state index contributed by atoms with van der Waals surface area (Å²) in [7, 11) is 0. The smallest absolute Gasteiger partial charge is 0.277 e. The number of hydrogen-bond donors (Lipinski definition) is 0. The molecule has 0 amide bonds. The quantitative estimate of drug-likeness (QED) is 0.316. The highest BCUT2D eigenvalue weighted by molar-refractivity contribution is 7.99. The van der Waals surface area contributed by atoms with E-state index in [-0.39, 0.29) is 17.4 Å². The van der Waals surface area contributed by atoms with Crippen LogP contribution < -0.4 is 0 Å². The fourth-order valence-corrected chi connectivity index (χ4v) is 4.32. The van der Waals surface area contributed by atoms with Gasteiger partial charge < -0.3 is 8.98 Å². The van der Waals surface area contributed by atoms with Crippen molar-refractivity contribution in [3.8, 4) is 16.5 Å². The minimum absolute atomic E-state index is 0.0448. The first kappa shape index (κ1) is 18.6. The number of halogens is 1. The number of thiophene rings is 1. The molecule has 8 heteroatoms. The van der Waals surface area contributed by atoms with Gasteiger partial charge in [-0.05, 0) is 49.6 Å². The zero-order valence-corrected chi connectivity index (χ0v) is 16.8. The molecule has 0 bridgehead atoms. The van der Waals surface area contributed by atoms with Gasteiger partial charge in [-0.25, -0.2) is 4.39 Å². The van der Waals surface area contributed by atoms with Crippen LogP contribution in [0.1, 0.15) is 21.7 Å². The third kappa shape index (κ3) is 3.65. The Hall–Kier alpha value is -2.71. The van der Waals surface area contributed by atoms with Crippen LogP contribution in [0.4, 0.5) is 4.39 Å². The maximum atomic E-state index is 13.6. The Bertz CT molecular complexity index is 1130. The van der Waals surface area contributed by atoms with Crippen LogP contribution in [0, 0.1) is 19.7 Å². The normalized spacial score (nSPS) is 11.1. The number of thioether (sulfide) groups is 1. The zero-order valence-electron chi connectivity index (χ0n) is 15.2. The molecule has 3 heterocycles. The van der Waals surface area contributed by atoms with Crippen LogP contribution in [0.15, 0.2) is 57.5 Å². The van der Waals surface area contributed by atoms with E-state index in [4.69, 9.17) is 4.42 Å². The molecule has 5 nitrogen and oxygen atoms in total. The summed E-state index contributed by atoms with van der Waals surface area (Å²) in [5, 5.41) is 10.3. The van der Waals surface area contributed by atoms with Gasteiger partial charge in [0.05, 0.1) is 10.6 Å². The molecule has 0 radical (unpaired) electrons. The highest BCUT2D eigenvalue weighted by Crippen LogP contribution is 2.28. The van der Waals surface area contributed by atoms with E-state index in [1.54, 1.807) is 6.07 Å². The van der Waals surface area contributed by atoms with Crippen molar-refractivity contribution in [1.29, 1.82) is 0 Å². The van der Waals surface area contributed by atoms with E-state index in [2.05, 4.69) is 10.2 Å². The Kier molecular flexibility index (Phi) is 5.15. The van der Waals surface area contributed by atoms with Gasteiger partial charge in [0.25, 0.3) is 11.1 Å². The van der Waals surface area contributed by atoms with E-state index in [1.165, 1.54) is 35.2 Å². The molecule has 0 saturated heterocycles. The lowest BCUT2D eigenvalue weighted by Crippen LogP contribution is -2.05. The summed E-state index contributed by atoms with van der Waals surface area (Å²) in [6, 6.07) is 12.0. The number of Topliss-reactive ketones (excluding diaryl/α,β-unsaturated/α-hetero) is 1. The standard InChI is InChI=1S/C20H16FN3O2S2/c1-12-9-16(13(2)24(12)15-6-3-5-14(21)10-15)17(25)11-28-20-23-22-19(26-20)18-7-4-8-27-18/h3-10H,11H2,1-2H3.